The summed E-state index contributed by atoms with van der Waals surface area (Å²) in [4.78, 5) is 4.37. The predicted molar refractivity (Wildman–Crippen MR) is 155 cm³/mol. The fraction of sp³-hybridized carbons (Fsp3) is 0.0303. The maximum Gasteiger partial charge on any atom is 0.416 e. The second kappa shape index (κ2) is 9.71. The molecule has 0 saturated heterocycles. The maximum atomic E-state index is 13.7. The molecule has 0 bridgehead atoms. The summed E-state index contributed by atoms with van der Waals surface area (Å²) in [7, 11) is 0. The molecule has 0 fully saturated rings. The summed E-state index contributed by atoms with van der Waals surface area (Å²) in [6.45, 7) is 0. The molecule has 0 saturated carbocycles. The molecule has 9 heteroatoms. The van der Waals surface area contributed by atoms with Crippen molar-refractivity contribution < 1.29 is 34.2 Å². The molecule has 0 spiro atoms. The van der Waals surface area contributed by atoms with E-state index in [2.05, 4.69) is 45.0 Å². The SMILES string of the molecule is FC(F)(F)c1ccnc(-n2c3ccccc3c3ccc(-n4c5ccccc5c5ccc(-n6cccn6)cc54)cc32)c1.[Pt]. The summed E-state index contributed by atoms with van der Waals surface area (Å²) in [6, 6.07) is 32.3. The molecule has 0 unspecified atom stereocenters. The summed E-state index contributed by atoms with van der Waals surface area (Å²) >= 11 is 0. The van der Waals surface area contributed by atoms with E-state index in [9.17, 15) is 13.2 Å². The standard InChI is InChI=1S/C33H20F3N5.Pt/c34-33(35,36)21-14-16-37-32(18-21)41-29-9-4-2-7-25(29)27-13-11-23(20-31(27)41)40-28-8-3-1-6-24(28)26-12-10-22(19-30(26)40)39-17-5-15-38-39;/h1-20H;. The fourth-order valence-electron chi connectivity index (χ4n) is 5.86. The van der Waals surface area contributed by atoms with Crippen molar-refractivity contribution in [2.75, 3.05) is 0 Å². The summed E-state index contributed by atoms with van der Waals surface area (Å²) < 4.78 is 46.8. The van der Waals surface area contributed by atoms with Crippen LogP contribution in [-0.2, 0) is 27.2 Å². The van der Waals surface area contributed by atoms with Gasteiger partial charge in [-0.15, -0.1) is 0 Å². The quantitative estimate of drug-likeness (QED) is 0.183. The van der Waals surface area contributed by atoms with Gasteiger partial charge in [0.2, 0.25) is 0 Å². The Kier molecular flexibility index (Phi) is 6.06. The molecule has 42 heavy (non-hydrogen) atoms. The Labute approximate surface area is 251 Å². The first kappa shape index (κ1) is 26.2. The zero-order valence-corrected chi connectivity index (χ0v) is 24.0. The van der Waals surface area contributed by atoms with Gasteiger partial charge in [0.1, 0.15) is 5.82 Å². The zero-order valence-electron chi connectivity index (χ0n) is 21.7. The van der Waals surface area contributed by atoms with Gasteiger partial charge in [0.05, 0.1) is 33.3 Å². The third-order valence-electron chi connectivity index (χ3n) is 7.64. The van der Waals surface area contributed by atoms with E-state index in [4.69, 9.17) is 0 Å². The third-order valence-corrected chi connectivity index (χ3v) is 7.64. The van der Waals surface area contributed by atoms with Crippen LogP contribution >= 0.6 is 0 Å². The second-order valence-corrected chi connectivity index (χ2v) is 9.96. The van der Waals surface area contributed by atoms with Crippen molar-refractivity contribution in [1.29, 1.82) is 0 Å². The summed E-state index contributed by atoms with van der Waals surface area (Å²) in [5, 5.41) is 8.47. The minimum Gasteiger partial charge on any atom is -0.309 e. The fourth-order valence-corrected chi connectivity index (χ4v) is 5.86. The minimum atomic E-state index is -4.48. The van der Waals surface area contributed by atoms with Gasteiger partial charge in [-0.1, -0.05) is 48.5 Å². The van der Waals surface area contributed by atoms with Crippen LogP contribution in [0.5, 0.6) is 0 Å². The largest absolute Gasteiger partial charge is 0.416 e. The number of benzene rings is 4. The number of alkyl halides is 3. The summed E-state index contributed by atoms with van der Waals surface area (Å²) in [5.74, 6) is 0.214. The number of fused-ring (bicyclic) bond motifs is 6. The van der Waals surface area contributed by atoms with E-state index in [0.717, 1.165) is 67.1 Å². The van der Waals surface area contributed by atoms with Gasteiger partial charge in [0.15, 0.2) is 0 Å². The number of hydrogen-bond donors (Lipinski definition) is 0. The molecular formula is C33H20F3N5Pt. The van der Waals surface area contributed by atoms with Crippen molar-refractivity contribution in [2.24, 2.45) is 0 Å². The van der Waals surface area contributed by atoms with Gasteiger partial charge < -0.3 is 4.57 Å². The average molecular weight is 739 g/mol. The molecule has 0 aliphatic carbocycles. The Morgan fingerprint density at radius 1 is 0.548 bits per heavy atom. The van der Waals surface area contributed by atoms with Gasteiger partial charge in [-0.25, -0.2) is 9.67 Å². The Morgan fingerprint density at radius 2 is 1.14 bits per heavy atom. The third kappa shape index (κ3) is 3.97. The zero-order chi connectivity index (χ0) is 27.7. The first-order chi connectivity index (χ1) is 20.0. The number of nitrogens with zero attached hydrogens (tertiary/aromatic N) is 5. The molecule has 4 heterocycles. The number of halogens is 3. The molecule has 0 aliphatic rings. The van der Waals surface area contributed by atoms with E-state index in [1.807, 2.05) is 76.1 Å². The predicted octanol–water partition coefficient (Wildman–Crippen LogP) is 8.48. The van der Waals surface area contributed by atoms with E-state index in [-0.39, 0.29) is 26.9 Å². The summed E-state index contributed by atoms with van der Waals surface area (Å²) in [5.41, 5.74) is 4.66. The number of pyridine rings is 1. The van der Waals surface area contributed by atoms with Gasteiger partial charge in [-0.2, -0.15) is 18.3 Å². The number of hydrogen-bond acceptors (Lipinski definition) is 2. The Morgan fingerprint density at radius 3 is 1.81 bits per heavy atom. The van der Waals surface area contributed by atoms with Gasteiger partial charge in [-0.05, 0) is 54.6 Å². The molecular weight excluding hydrogens is 718 g/mol. The van der Waals surface area contributed by atoms with Crippen molar-refractivity contribution in [3.8, 4) is 17.2 Å². The smallest absolute Gasteiger partial charge is 0.309 e. The van der Waals surface area contributed by atoms with Crippen LogP contribution in [0.25, 0.3) is 60.8 Å². The van der Waals surface area contributed by atoms with Crippen LogP contribution in [0.2, 0.25) is 0 Å². The molecule has 4 aromatic heterocycles. The van der Waals surface area contributed by atoms with Gasteiger partial charge in [0.25, 0.3) is 0 Å². The van der Waals surface area contributed by atoms with E-state index in [1.54, 1.807) is 6.20 Å². The number of rotatable bonds is 3. The van der Waals surface area contributed by atoms with Gasteiger partial charge in [-0.3, -0.25) is 4.57 Å². The number of para-hydroxylation sites is 2. The van der Waals surface area contributed by atoms with Gasteiger partial charge >= 0.3 is 6.18 Å². The van der Waals surface area contributed by atoms with E-state index < -0.39 is 11.7 Å². The van der Waals surface area contributed by atoms with Crippen molar-refractivity contribution >= 4 is 43.6 Å². The van der Waals surface area contributed by atoms with Crippen molar-refractivity contribution in [3.63, 3.8) is 0 Å². The van der Waals surface area contributed by atoms with Crippen LogP contribution in [0, 0.1) is 0 Å². The monoisotopic (exact) mass is 738 g/mol. The van der Waals surface area contributed by atoms with Crippen molar-refractivity contribution in [2.45, 2.75) is 6.18 Å². The van der Waals surface area contributed by atoms with Crippen molar-refractivity contribution in [1.82, 2.24) is 23.9 Å². The Bertz CT molecular complexity index is 2260. The maximum absolute atomic E-state index is 13.7. The second-order valence-electron chi connectivity index (χ2n) is 9.96. The van der Waals surface area contributed by atoms with Crippen LogP contribution in [0.1, 0.15) is 5.56 Å². The molecule has 0 N–H and O–H groups in total. The molecule has 208 valence electrons. The topological polar surface area (TPSA) is 40.6 Å². The Balaban J connectivity index is 0.00000288. The molecule has 5 nitrogen and oxygen atoms in total. The first-order valence-corrected chi connectivity index (χ1v) is 13.1. The molecule has 0 atom stereocenters. The molecule has 0 aliphatic heterocycles. The van der Waals surface area contributed by atoms with Crippen LogP contribution in [-0.4, -0.2) is 23.9 Å². The molecule has 8 aromatic rings. The van der Waals surface area contributed by atoms with Crippen LogP contribution < -0.4 is 0 Å². The molecule has 8 rings (SSSR count). The summed E-state index contributed by atoms with van der Waals surface area (Å²) in [6.07, 6.45) is 0.387. The molecule has 0 radical (unpaired) electrons. The first-order valence-electron chi connectivity index (χ1n) is 13.1. The number of aromatic nitrogens is 5. The Hall–Kier alpha value is -4.68. The molecule has 4 aromatic carbocycles. The van der Waals surface area contributed by atoms with E-state index >= 15 is 0 Å². The van der Waals surface area contributed by atoms with Crippen LogP contribution in [0.4, 0.5) is 13.2 Å². The molecule has 0 amide bonds. The van der Waals surface area contributed by atoms with Gasteiger partial charge in [0, 0.05) is 66.9 Å². The normalized spacial score (nSPS) is 12.0. The minimum absolute atomic E-state index is 0. The van der Waals surface area contributed by atoms with E-state index in [1.165, 1.54) is 6.20 Å². The average Bonchev–Trinajstić information content (AvgIpc) is 3.71. The van der Waals surface area contributed by atoms with Crippen LogP contribution in [0.3, 0.4) is 0 Å². The van der Waals surface area contributed by atoms with E-state index in [0.29, 0.717) is 0 Å². The van der Waals surface area contributed by atoms with Crippen LogP contribution in [0.15, 0.2) is 122 Å². The van der Waals surface area contributed by atoms with Crippen molar-refractivity contribution in [3.05, 3.63) is 127 Å².